The van der Waals surface area contributed by atoms with Gasteiger partial charge in [-0.1, -0.05) is 29.8 Å². The van der Waals surface area contributed by atoms with Crippen molar-refractivity contribution in [2.24, 2.45) is 7.05 Å². The molecule has 1 saturated heterocycles. The molecule has 7 nitrogen and oxygen atoms in total. The molecule has 0 aliphatic carbocycles. The van der Waals surface area contributed by atoms with E-state index in [0.717, 1.165) is 53.9 Å². The Morgan fingerprint density at radius 2 is 1.87 bits per heavy atom. The van der Waals surface area contributed by atoms with Gasteiger partial charge in [0.15, 0.2) is 0 Å². The Morgan fingerprint density at radius 1 is 1.08 bits per heavy atom. The lowest BCUT2D eigenvalue weighted by molar-refractivity contribution is -0.137. The second-order valence-corrected chi connectivity index (χ2v) is 10.2. The normalized spacial score (nSPS) is 18.9. The number of halogens is 4. The number of hydrogen-bond acceptors (Lipinski definition) is 4. The number of rotatable bonds is 3. The van der Waals surface area contributed by atoms with Crippen molar-refractivity contribution in [2.75, 3.05) is 0 Å². The Hall–Kier alpha value is -3.66. The van der Waals surface area contributed by atoms with E-state index >= 15 is 0 Å². The van der Waals surface area contributed by atoms with E-state index in [1.807, 2.05) is 40.9 Å². The van der Waals surface area contributed by atoms with Crippen LogP contribution in [0.5, 0.6) is 0 Å². The second-order valence-electron chi connectivity index (χ2n) is 9.81. The minimum atomic E-state index is -4.49. The lowest BCUT2D eigenvalue weighted by Gasteiger charge is -2.44. The number of aromatic nitrogens is 5. The molecule has 38 heavy (non-hydrogen) atoms. The van der Waals surface area contributed by atoms with Gasteiger partial charge < -0.3 is 4.90 Å². The molecule has 0 radical (unpaired) electrons. The monoisotopic (exact) mass is 540 g/mol. The van der Waals surface area contributed by atoms with E-state index in [1.165, 1.54) is 16.8 Å². The Kier molecular flexibility index (Phi) is 5.82. The van der Waals surface area contributed by atoms with Gasteiger partial charge in [-0.15, -0.1) is 5.10 Å². The first-order valence-corrected chi connectivity index (χ1v) is 12.8. The van der Waals surface area contributed by atoms with Crippen molar-refractivity contribution >= 4 is 17.5 Å². The number of carbonyl (C=O) groups excluding carboxylic acids is 1. The van der Waals surface area contributed by atoms with Crippen molar-refractivity contribution in [1.29, 1.82) is 0 Å². The molecule has 1 amide bonds. The first kappa shape index (κ1) is 24.7. The molecule has 4 heterocycles. The fourth-order valence-corrected chi connectivity index (χ4v) is 5.99. The average Bonchev–Trinajstić information content (AvgIpc) is 3.42. The molecule has 11 heteroatoms. The lowest BCUT2D eigenvalue weighted by Crippen LogP contribution is -2.50. The zero-order valence-corrected chi connectivity index (χ0v) is 21.5. The third kappa shape index (κ3) is 4.07. The Labute approximate surface area is 221 Å². The first-order chi connectivity index (χ1) is 18.1. The van der Waals surface area contributed by atoms with Gasteiger partial charge in [-0.3, -0.25) is 9.48 Å². The average molecular weight is 541 g/mol. The lowest BCUT2D eigenvalue weighted by atomic mass is 9.81. The predicted molar refractivity (Wildman–Crippen MR) is 135 cm³/mol. The van der Waals surface area contributed by atoms with Crippen LogP contribution in [0.25, 0.3) is 16.9 Å². The van der Waals surface area contributed by atoms with E-state index in [-0.39, 0.29) is 29.5 Å². The zero-order valence-electron chi connectivity index (χ0n) is 20.7. The number of alkyl halides is 3. The summed E-state index contributed by atoms with van der Waals surface area (Å²) in [6.07, 6.45) is -1.29. The number of aryl methyl sites for hydroxylation is 2. The van der Waals surface area contributed by atoms with Gasteiger partial charge in [-0.05, 0) is 62.9 Å². The fourth-order valence-electron chi connectivity index (χ4n) is 5.80. The first-order valence-electron chi connectivity index (χ1n) is 12.4. The van der Waals surface area contributed by atoms with Gasteiger partial charge in [0.1, 0.15) is 5.82 Å². The standard InChI is InChI=1S/C27H24ClF3N6O/c1-15-32-25(34-37(15)20-10-4-7-17(13-20)27(29,30)31)26(38)36-19-9-5-11-22(36)23-21(14-19)24(35(2)33-23)16-6-3-8-18(28)12-16/h3-4,6-8,10,12-13,19,22H,5,9,11,14H2,1-2H3/t19-,22+/m0/s1. The van der Waals surface area contributed by atoms with E-state index < -0.39 is 11.7 Å². The van der Waals surface area contributed by atoms with Gasteiger partial charge in [0.25, 0.3) is 5.91 Å². The molecule has 4 aromatic rings. The number of fused-ring (bicyclic) bond motifs is 4. The smallest absolute Gasteiger partial charge is 0.324 e. The molecule has 2 aliphatic heterocycles. The van der Waals surface area contributed by atoms with Crippen LogP contribution < -0.4 is 0 Å². The SMILES string of the molecule is Cc1nc(C(=O)N2[C@H]3CCC[C@@H]2c2nn(C)c(-c4cccc(Cl)c4)c2C3)nn1-c1cccc(C(F)(F)F)c1. The number of benzene rings is 2. The third-order valence-corrected chi connectivity index (χ3v) is 7.62. The van der Waals surface area contributed by atoms with Crippen LogP contribution in [0.1, 0.15) is 58.6 Å². The number of piperidine rings is 1. The molecule has 0 spiro atoms. The van der Waals surface area contributed by atoms with Crippen LogP contribution in [0.3, 0.4) is 0 Å². The summed E-state index contributed by atoms with van der Waals surface area (Å²) in [6.45, 7) is 1.62. The van der Waals surface area contributed by atoms with Crippen LogP contribution in [0, 0.1) is 6.92 Å². The minimum absolute atomic E-state index is 0.0359. The summed E-state index contributed by atoms with van der Waals surface area (Å²) >= 11 is 6.26. The zero-order chi connectivity index (χ0) is 26.8. The Bertz CT molecular complexity index is 1560. The van der Waals surface area contributed by atoms with Gasteiger partial charge in [0, 0.05) is 29.2 Å². The molecular formula is C27H24ClF3N6O. The van der Waals surface area contributed by atoms with Crippen molar-refractivity contribution in [3.05, 3.63) is 82.0 Å². The maximum Gasteiger partial charge on any atom is 0.416 e. The fraction of sp³-hybridized carbons (Fsp3) is 0.333. The van der Waals surface area contributed by atoms with Gasteiger partial charge in [-0.25, -0.2) is 9.67 Å². The van der Waals surface area contributed by atoms with Gasteiger partial charge in [0.2, 0.25) is 5.82 Å². The summed E-state index contributed by atoms with van der Waals surface area (Å²) in [5, 5.41) is 9.82. The van der Waals surface area contributed by atoms with E-state index in [0.29, 0.717) is 17.3 Å². The number of amides is 1. The molecule has 2 atom stereocenters. The molecule has 6 rings (SSSR count). The molecule has 2 aromatic heterocycles. The molecular weight excluding hydrogens is 517 g/mol. The maximum absolute atomic E-state index is 13.8. The van der Waals surface area contributed by atoms with Crippen molar-refractivity contribution in [1.82, 2.24) is 29.4 Å². The maximum atomic E-state index is 13.8. The van der Waals surface area contributed by atoms with Crippen LogP contribution in [-0.4, -0.2) is 41.4 Å². The molecule has 0 N–H and O–H groups in total. The van der Waals surface area contributed by atoms with Crippen LogP contribution in [-0.2, 0) is 19.6 Å². The second kappa shape index (κ2) is 8.97. The van der Waals surface area contributed by atoms with Crippen LogP contribution in [0.4, 0.5) is 13.2 Å². The molecule has 2 aromatic carbocycles. The summed E-state index contributed by atoms with van der Waals surface area (Å²) in [4.78, 5) is 20.0. The number of carbonyl (C=O) groups is 1. The predicted octanol–water partition coefficient (Wildman–Crippen LogP) is 5.94. The number of nitrogens with zero attached hydrogens (tertiary/aromatic N) is 6. The highest BCUT2D eigenvalue weighted by molar-refractivity contribution is 6.30. The molecule has 2 aliphatic rings. The van der Waals surface area contributed by atoms with Crippen molar-refractivity contribution < 1.29 is 18.0 Å². The van der Waals surface area contributed by atoms with E-state index in [9.17, 15) is 18.0 Å². The largest absolute Gasteiger partial charge is 0.416 e. The van der Waals surface area contributed by atoms with Gasteiger partial charge in [-0.2, -0.15) is 18.3 Å². The molecule has 196 valence electrons. The Morgan fingerprint density at radius 3 is 2.63 bits per heavy atom. The van der Waals surface area contributed by atoms with Crippen LogP contribution >= 0.6 is 11.6 Å². The Balaban J connectivity index is 1.36. The molecule has 0 saturated carbocycles. The summed E-state index contributed by atoms with van der Waals surface area (Å²) in [5.74, 6) is -0.0444. The van der Waals surface area contributed by atoms with Crippen molar-refractivity contribution in [3.8, 4) is 16.9 Å². The van der Waals surface area contributed by atoms with E-state index in [2.05, 4.69) is 10.1 Å². The molecule has 0 unspecified atom stereocenters. The highest BCUT2D eigenvalue weighted by atomic mass is 35.5. The highest BCUT2D eigenvalue weighted by Gasteiger charge is 2.44. The van der Waals surface area contributed by atoms with Crippen LogP contribution in [0.2, 0.25) is 5.02 Å². The topological polar surface area (TPSA) is 68.8 Å². The third-order valence-electron chi connectivity index (χ3n) is 7.39. The molecule has 2 bridgehead atoms. The number of hydrogen-bond donors (Lipinski definition) is 0. The molecule has 1 fully saturated rings. The van der Waals surface area contributed by atoms with E-state index in [1.54, 1.807) is 6.92 Å². The summed E-state index contributed by atoms with van der Waals surface area (Å²) in [5.41, 5.74) is 3.35. The highest BCUT2D eigenvalue weighted by Crippen LogP contribution is 2.45. The van der Waals surface area contributed by atoms with Crippen molar-refractivity contribution in [2.45, 2.75) is 50.9 Å². The summed E-state index contributed by atoms with van der Waals surface area (Å²) < 4.78 is 42.9. The quantitative estimate of drug-likeness (QED) is 0.322. The minimum Gasteiger partial charge on any atom is -0.324 e. The van der Waals surface area contributed by atoms with Gasteiger partial charge >= 0.3 is 6.18 Å². The van der Waals surface area contributed by atoms with E-state index in [4.69, 9.17) is 16.7 Å². The van der Waals surface area contributed by atoms with Gasteiger partial charge in [0.05, 0.1) is 28.7 Å². The van der Waals surface area contributed by atoms with Crippen LogP contribution in [0.15, 0.2) is 48.5 Å². The summed E-state index contributed by atoms with van der Waals surface area (Å²) in [6, 6.07) is 12.2. The van der Waals surface area contributed by atoms with Crippen molar-refractivity contribution in [3.63, 3.8) is 0 Å². The summed E-state index contributed by atoms with van der Waals surface area (Å²) in [7, 11) is 1.90.